The summed E-state index contributed by atoms with van der Waals surface area (Å²) in [6, 6.07) is 3.84. The molecule has 0 amide bonds. The summed E-state index contributed by atoms with van der Waals surface area (Å²) >= 11 is 0. The van der Waals surface area contributed by atoms with Gasteiger partial charge in [0.15, 0.2) is 5.78 Å². The van der Waals surface area contributed by atoms with Crippen LogP contribution in [-0.2, 0) is 9.53 Å². The van der Waals surface area contributed by atoms with Crippen LogP contribution in [0.2, 0.25) is 0 Å². The third-order valence-electron chi connectivity index (χ3n) is 2.39. The van der Waals surface area contributed by atoms with E-state index in [0.717, 1.165) is 6.07 Å². The SMILES string of the molecule is COC(=O)C(C)C(=O)c1ccc(OC)cc1F. The third-order valence-corrected chi connectivity index (χ3v) is 2.39. The van der Waals surface area contributed by atoms with Crippen molar-refractivity contribution in [3.05, 3.63) is 29.6 Å². The predicted molar refractivity (Wildman–Crippen MR) is 58.5 cm³/mol. The van der Waals surface area contributed by atoms with E-state index in [2.05, 4.69) is 4.74 Å². The molecule has 0 saturated heterocycles. The topological polar surface area (TPSA) is 52.6 Å². The minimum absolute atomic E-state index is 0.149. The monoisotopic (exact) mass is 240 g/mol. The minimum Gasteiger partial charge on any atom is -0.497 e. The number of carbonyl (C=O) groups excluding carboxylic acids is 2. The summed E-state index contributed by atoms with van der Waals surface area (Å²) in [6.45, 7) is 1.37. The Morgan fingerprint density at radius 3 is 2.41 bits per heavy atom. The van der Waals surface area contributed by atoms with Gasteiger partial charge in [0.2, 0.25) is 0 Å². The number of hydrogen-bond acceptors (Lipinski definition) is 4. The summed E-state index contributed by atoms with van der Waals surface area (Å²) in [6.07, 6.45) is 0. The highest BCUT2D eigenvalue weighted by Crippen LogP contribution is 2.19. The second-order valence-electron chi connectivity index (χ2n) is 3.45. The average molecular weight is 240 g/mol. The lowest BCUT2D eigenvalue weighted by Crippen LogP contribution is -2.23. The highest BCUT2D eigenvalue weighted by atomic mass is 19.1. The number of benzene rings is 1. The van der Waals surface area contributed by atoms with Crippen LogP contribution in [0.25, 0.3) is 0 Å². The lowest BCUT2D eigenvalue weighted by Gasteiger charge is -2.09. The molecule has 0 saturated carbocycles. The number of Topliss-reactive ketones (excluding diaryl/α,β-unsaturated/α-hetero) is 1. The molecule has 0 fully saturated rings. The number of ether oxygens (including phenoxy) is 2. The van der Waals surface area contributed by atoms with Crippen LogP contribution in [0.3, 0.4) is 0 Å². The largest absolute Gasteiger partial charge is 0.497 e. The smallest absolute Gasteiger partial charge is 0.316 e. The van der Waals surface area contributed by atoms with E-state index in [4.69, 9.17) is 4.74 Å². The van der Waals surface area contributed by atoms with Crippen LogP contribution in [0.5, 0.6) is 5.75 Å². The van der Waals surface area contributed by atoms with Gasteiger partial charge in [0.1, 0.15) is 17.5 Å². The number of hydrogen-bond donors (Lipinski definition) is 0. The molecule has 92 valence electrons. The van der Waals surface area contributed by atoms with Crippen LogP contribution < -0.4 is 4.74 Å². The minimum atomic E-state index is -1.03. The number of esters is 1. The Balaban J connectivity index is 3.01. The molecule has 1 rings (SSSR count). The molecule has 4 nitrogen and oxygen atoms in total. The van der Waals surface area contributed by atoms with Crippen molar-refractivity contribution < 1.29 is 23.5 Å². The Hall–Kier alpha value is -1.91. The van der Waals surface area contributed by atoms with Gasteiger partial charge in [-0.15, -0.1) is 0 Å². The first-order chi connectivity index (χ1) is 8.01. The molecule has 0 radical (unpaired) electrons. The van der Waals surface area contributed by atoms with E-state index >= 15 is 0 Å². The summed E-state index contributed by atoms with van der Waals surface area (Å²) in [5.41, 5.74) is -0.149. The van der Waals surface area contributed by atoms with Gasteiger partial charge in [0, 0.05) is 6.07 Å². The second kappa shape index (κ2) is 5.43. The van der Waals surface area contributed by atoms with Crippen molar-refractivity contribution in [2.24, 2.45) is 5.92 Å². The maximum absolute atomic E-state index is 13.6. The van der Waals surface area contributed by atoms with E-state index in [0.29, 0.717) is 5.75 Å². The van der Waals surface area contributed by atoms with Gasteiger partial charge in [-0.3, -0.25) is 9.59 Å². The average Bonchev–Trinajstić information content (AvgIpc) is 2.35. The first-order valence-corrected chi connectivity index (χ1v) is 4.96. The quantitative estimate of drug-likeness (QED) is 0.457. The molecule has 5 heteroatoms. The molecule has 0 N–H and O–H groups in total. The molecular weight excluding hydrogens is 227 g/mol. The molecule has 17 heavy (non-hydrogen) atoms. The number of carbonyl (C=O) groups is 2. The molecule has 1 aromatic carbocycles. The highest BCUT2D eigenvalue weighted by Gasteiger charge is 2.25. The molecule has 0 aliphatic carbocycles. The van der Waals surface area contributed by atoms with E-state index < -0.39 is 23.5 Å². The fraction of sp³-hybridized carbons (Fsp3) is 0.333. The van der Waals surface area contributed by atoms with E-state index in [1.165, 1.54) is 33.3 Å². The highest BCUT2D eigenvalue weighted by molar-refractivity contribution is 6.08. The van der Waals surface area contributed by atoms with Gasteiger partial charge in [0.05, 0.1) is 19.8 Å². The Kier molecular flexibility index (Phi) is 4.20. The number of halogens is 1. The van der Waals surface area contributed by atoms with Gasteiger partial charge in [-0.05, 0) is 19.1 Å². The zero-order valence-corrected chi connectivity index (χ0v) is 9.82. The van der Waals surface area contributed by atoms with Crippen LogP contribution in [0, 0.1) is 11.7 Å². The van der Waals surface area contributed by atoms with Gasteiger partial charge >= 0.3 is 5.97 Å². The Labute approximate surface area is 98.3 Å². The molecule has 0 aliphatic heterocycles. The first-order valence-electron chi connectivity index (χ1n) is 4.96. The number of methoxy groups -OCH3 is 2. The third kappa shape index (κ3) is 2.81. The summed E-state index contributed by atoms with van der Waals surface area (Å²) in [4.78, 5) is 23.0. The lowest BCUT2D eigenvalue weighted by molar-refractivity contribution is -0.143. The Morgan fingerprint density at radius 2 is 1.94 bits per heavy atom. The fourth-order valence-corrected chi connectivity index (χ4v) is 1.34. The zero-order chi connectivity index (χ0) is 13.0. The number of ketones is 1. The van der Waals surface area contributed by atoms with E-state index in [1.54, 1.807) is 0 Å². The maximum atomic E-state index is 13.6. The normalized spacial score (nSPS) is 11.8. The van der Waals surface area contributed by atoms with Gasteiger partial charge < -0.3 is 9.47 Å². The molecule has 1 unspecified atom stereocenters. The van der Waals surface area contributed by atoms with Gasteiger partial charge in [0.25, 0.3) is 0 Å². The Morgan fingerprint density at radius 1 is 1.29 bits per heavy atom. The van der Waals surface area contributed by atoms with Crippen LogP contribution in [0.4, 0.5) is 4.39 Å². The summed E-state index contributed by atoms with van der Waals surface area (Å²) < 4.78 is 22.8. The molecule has 1 atom stereocenters. The molecule has 1 aromatic rings. The lowest BCUT2D eigenvalue weighted by atomic mass is 9.99. The maximum Gasteiger partial charge on any atom is 0.316 e. The van der Waals surface area contributed by atoms with E-state index in [1.807, 2.05) is 0 Å². The second-order valence-corrected chi connectivity index (χ2v) is 3.45. The summed E-state index contributed by atoms with van der Waals surface area (Å²) in [5.74, 6) is -2.74. The standard InChI is InChI=1S/C12H13FO4/c1-7(12(15)17-3)11(14)9-5-4-8(16-2)6-10(9)13/h4-7H,1-3H3. The van der Waals surface area contributed by atoms with Gasteiger partial charge in [-0.2, -0.15) is 0 Å². The van der Waals surface area contributed by atoms with Crippen molar-refractivity contribution in [3.63, 3.8) is 0 Å². The molecule has 0 heterocycles. The van der Waals surface area contributed by atoms with Crippen molar-refractivity contribution in [1.82, 2.24) is 0 Å². The van der Waals surface area contributed by atoms with Gasteiger partial charge in [-0.25, -0.2) is 4.39 Å². The van der Waals surface area contributed by atoms with Crippen LogP contribution in [-0.4, -0.2) is 26.0 Å². The van der Waals surface area contributed by atoms with Crippen molar-refractivity contribution in [2.45, 2.75) is 6.92 Å². The molecule has 0 aromatic heterocycles. The van der Waals surface area contributed by atoms with Crippen molar-refractivity contribution in [1.29, 1.82) is 0 Å². The van der Waals surface area contributed by atoms with Crippen molar-refractivity contribution in [3.8, 4) is 5.75 Å². The zero-order valence-electron chi connectivity index (χ0n) is 9.82. The first kappa shape index (κ1) is 13.2. The predicted octanol–water partition coefficient (Wildman–Crippen LogP) is 1.83. The summed E-state index contributed by atoms with van der Waals surface area (Å²) in [7, 11) is 2.57. The van der Waals surface area contributed by atoms with Crippen LogP contribution in [0.1, 0.15) is 17.3 Å². The van der Waals surface area contributed by atoms with Crippen LogP contribution >= 0.6 is 0 Å². The van der Waals surface area contributed by atoms with Gasteiger partial charge in [-0.1, -0.05) is 0 Å². The molecule has 0 bridgehead atoms. The number of rotatable bonds is 4. The van der Waals surface area contributed by atoms with E-state index in [9.17, 15) is 14.0 Å². The van der Waals surface area contributed by atoms with Crippen molar-refractivity contribution in [2.75, 3.05) is 14.2 Å². The molecule has 0 aliphatic rings. The summed E-state index contributed by atoms with van der Waals surface area (Å²) in [5, 5.41) is 0. The fourth-order valence-electron chi connectivity index (χ4n) is 1.34. The molecular formula is C12H13FO4. The molecule has 0 spiro atoms. The van der Waals surface area contributed by atoms with Crippen LogP contribution in [0.15, 0.2) is 18.2 Å². The Bertz CT molecular complexity index is 442. The van der Waals surface area contributed by atoms with E-state index in [-0.39, 0.29) is 5.56 Å². The van der Waals surface area contributed by atoms with Crippen molar-refractivity contribution >= 4 is 11.8 Å².